The number of nitrogens with two attached hydrogens (primary N) is 1. The van der Waals surface area contributed by atoms with E-state index in [0.29, 0.717) is 11.3 Å². The molecule has 106 valence electrons. The Morgan fingerprint density at radius 2 is 2.20 bits per heavy atom. The summed E-state index contributed by atoms with van der Waals surface area (Å²) in [5, 5.41) is 4.10. The summed E-state index contributed by atoms with van der Waals surface area (Å²) < 4.78 is 28.4. The van der Waals surface area contributed by atoms with E-state index in [-0.39, 0.29) is 16.4 Å². The Balaban J connectivity index is 2.17. The van der Waals surface area contributed by atoms with Gasteiger partial charge in [0.15, 0.2) is 0 Å². The molecule has 0 radical (unpaired) electrons. The molecule has 3 N–H and O–H groups in total. The van der Waals surface area contributed by atoms with Crippen molar-refractivity contribution < 1.29 is 8.42 Å². The van der Waals surface area contributed by atoms with Crippen molar-refractivity contribution in [3.8, 4) is 0 Å². The second-order valence-corrected chi connectivity index (χ2v) is 6.40. The Morgan fingerprint density at radius 1 is 1.45 bits per heavy atom. The van der Waals surface area contributed by atoms with Gasteiger partial charge in [0.2, 0.25) is 10.0 Å². The van der Waals surface area contributed by atoms with Crippen LogP contribution in [0.5, 0.6) is 0 Å². The van der Waals surface area contributed by atoms with Gasteiger partial charge in [-0.3, -0.25) is 4.68 Å². The van der Waals surface area contributed by atoms with Crippen LogP contribution >= 0.6 is 12.2 Å². The van der Waals surface area contributed by atoms with E-state index in [2.05, 4.69) is 9.82 Å². The maximum atomic E-state index is 12.2. The van der Waals surface area contributed by atoms with Gasteiger partial charge in [-0.25, -0.2) is 13.1 Å². The molecule has 0 aliphatic heterocycles. The first-order valence-electron chi connectivity index (χ1n) is 5.76. The summed E-state index contributed by atoms with van der Waals surface area (Å²) in [6, 6.07) is 7.95. The zero-order chi connectivity index (χ0) is 14.8. The summed E-state index contributed by atoms with van der Waals surface area (Å²) in [6.45, 7) is 0.125. The summed E-state index contributed by atoms with van der Waals surface area (Å²) in [5.41, 5.74) is 6.65. The van der Waals surface area contributed by atoms with Crippen molar-refractivity contribution in [1.82, 2.24) is 14.5 Å². The molecule has 0 spiro atoms. The fourth-order valence-electron chi connectivity index (χ4n) is 1.63. The first-order valence-corrected chi connectivity index (χ1v) is 7.66. The molecular weight excluding hydrogens is 296 g/mol. The van der Waals surface area contributed by atoms with Gasteiger partial charge in [0.25, 0.3) is 0 Å². The Kier molecular flexibility index (Phi) is 4.17. The number of benzene rings is 1. The monoisotopic (exact) mass is 310 g/mol. The fourth-order valence-corrected chi connectivity index (χ4v) is 2.80. The number of hydrogen-bond donors (Lipinski definition) is 2. The van der Waals surface area contributed by atoms with E-state index < -0.39 is 10.0 Å². The SMILES string of the molecule is Cn1ccc(CNS(=O)(=O)c2cccc(C(N)=S)c2)n1. The summed E-state index contributed by atoms with van der Waals surface area (Å²) in [7, 11) is -1.85. The molecule has 0 saturated heterocycles. The molecule has 0 amide bonds. The van der Waals surface area contributed by atoms with Crippen LogP contribution < -0.4 is 10.5 Å². The number of nitrogens with one attached hydrogen (secondary N) is 1. The summed E-state index contributed by atoms with van der Waals surface area (Å²) in [4.78, 5) is 0.283. The van der Waals surface area contributed by atoms with Crippen molar-refractivity contribution in [2.24, 2.45) is 12.8 Å². The van der Waals surface area contributed by atoms with Gasteiger partial charge in [0.05, 0.1) is 17.1 Å². The number of hydrogen-bond acceptors (Lipinski definition) is 4. The minimum absolute atomic E-state index is 0.124. The van der Waals surface area contributed by atoms with Gasteiger partial charge in [-0.1, -0.05) is 24.4 Å². The third-order valence-electron chi connectivity index (χ3n) is 2.64. The highest BCUT2D eigenvalue weighted by Gasteiger charge is 2.15. The van der Waals surface area contributed by atoms with Gasteiger partial charge in [-0.15, -0.1) is 0 Å². The molecule has 0 bridgehead atoms. The van der Waals surface area contributed by atoms with Crippen molar-refractivity contribution >= 4 is 27.2 Å². The fraction of sp³-hybridized carbons (Fsp3) is 0.167. The van der Waals surface area contributed by atoms with E-state index in [1.807, 2.05) is 0 Å². The molecule has 0 aliphatic carbocycles. The second kappa shape index (κ2) is 5.70. The van der Waals surface area contributed by atoms with E-state index in [4.69, 9.17) is 18.0 Å². The van der Waals surface area contributed by atoms with Gasteiger partial charge in [0.1, 0.15) is 4.99 Å². The minimum Gasteiger partial charge on any atom is -0.389 e. The highest BCUT2D eigenvalue weighted by atomic mass is 32.2. The van der Waals surface area contributed by atoms with Crippen LogP contribution in [-0.2, 0) is 23.6 Å². The zero-order valence-corrected chi connectivity index (χ0v) is 12.4. The molecule has 8 heteroatoms. The predicted octanol–water partition coefficient (Wildman–Crippen LogP) is 0.533. The third kappa shape index (κ3) is 3.41. The van der Waals surface area contributed by atoms with Crippen LogP contribution in [0.15, 0.2) is 41.4 Å². The van der Waals surface area contributed by atoms with Crippen molar-refractivity contribution in [2.45, 2.75) is 11.4 Å². The summed E-state index contributed by atoms with van der Waals surface area (Å²) in [6.07, 6.45) is 1.75. The van der Waals surface area contributed by atoms with Crippen molar-refractivity contribution in [3.63, 3.8) is 0 Å². The zero-order valence-electron chi connectivity index (χ0n) is 10.8. The van der Waals surface area contributed by atoms with Crippen LogP contribution in [0.3, 0.4) is 0 Å². The van der Waals surface area contributed by atoms with Crippen LogP contribution in [0.1, 0.15) is 11.3 Å². The predicted molar refractivity (Wildman–Crippen MR) is 79.6 cm³/mol. The van der Waals surface area contributed by atoms with E-state index in [1.165, 1.54) is 12.1 Å². The first kappa shape index (κ1) is 14.6. The van der Waals surface area contributed by atoms with E-state index in [1.54, 1.807) is 36.1 Å². The van der Waals surface area contributed by atoms with Crippen LogP contribution in [-0.4, -0.2) is 23.2 Å². The van der Waals surface area contributed by atoms with E-state index >= 15 is 0 Å². The highest BCUT2D eigenvalue weighted by molar-refractivity contribution is 7.89. The third-order valence-corrected chi connectivity index (χ3v) is 4.28. The van der Waals surface area contributed by atoms with Crippen LogP contribution in [0, 0.1) is 0 Å². The molecule has 1 aromatic carbocycles. The molecule has 1 heterocycles. The topological polar surface area (TPSA) is 90.0 Å². The van der Waals surface area contributed by atoms with Crippen molar-refractivity contribution in [3.05, 3.63) is 47.8 Å². The second-order valence-electron chi connectivity index (χ2n) is 4.20. The van der Waals surface area contributed by atoms with Gasteiger partial charge in [-0.2, -0.15) is 5.10 Å². The Morgan fingerprint density at radius 3 is 2.80 bits per heavy atom. The maximum Gasteiger partial charge on any atom is 0.240 e. The molecule has 2 aromatic rings. The number of aryl methyl sites for hydroxylation is 1. The largest absolute Gasteiger partial charge is 0.389 e. The number of rotatable bonds is 5. The molecule has 0 saturated carbocycles. The van der Waals surface area contributed by atoms with Gasteiger partial charge < -0.3 is 5.73 Å². The number of aromatic nitrogens is 2. The quantitative estimate of drug-likeness (QED) is 0.786. The van der Waals surface area contributed by atoms with Crippen LogP contribution in [0.2, 0.25) is 0 Å². The molecule has 0 fully saturated rings. The maximum absolute atomic E-state index is 12.2. The van der Waals surface area contributed by atoms with E-state index in [9.17, 15) is 8.42 Å². The molecule has 0 aliphatic rings. The average Bonchev–Trinajstić information content (AvgIpc) is 2.82. The Hall–Kier alpha value is -1.77. The molecule has 0 atom stereocenters. The minimum atomic E-state index is -3.62. The molecule has 0 unspecified atom stereocenters. The van der Waals surface area contributed by atoms with Crippen LogP contribution in [0.25, 0.3) is 0 Å². The molecule has 6 nitrogen and oxygen atoms in total. The highest BCUT2D eigenvalue weighted by Crippen LogP contribution is 2.12. The number of sulfonamides is 1. The molecule has 2 rings (SSSR count). The van der Waals surface area contributed by atoms with Gasteiger partial charge in [0, 0.05) is 18.8 Å². The molecule has 1 aromatic heterocycles. The average molecular weight is 310 g/mol. The summed E-state index contributed by atoms with van der Waals surface area (Å²) >= 11 is 4.84. The molecule has 20 heavy (non-hydrogen) atoms. The molecular formula is C12H14N4O2S2. The lowest BCUT2D eigenvalue weighted by molar-refractivity contribution is 0.579. The van der Waals surface area contributed by atoms with Gasteiger partial charge in [-0.05, 0) is 18.2 Å². The standard InChI is InChI=1S/C12H14N4O2S2/c1-16-6-5-10(15-16)8-14-20(17,18)11-4-2-3-9(7-11)12(13)19/h2-7,14H,8H2,1H3,(H2,13,19). The van der Waals surface area contributed by atoms with Crippen LogP contribution in [0.4, 0.5) is 0 Å². The van der Waals surface area contributed by atoms with Gasteiger partial charge >= 0.3 is 0 Å². The summed E-state index contributed by atoms with van der Waals surface area (Å²) in [5.74, 6) is 0. The van der Waals surface area contributed by atoms with Crippen molar-refractivity contribution in [2.75, 3.05) is 0 Å². The van der Waals surface area contributed by atoms with Crippen molar-refractivity contribution in [1.29, 1.82) is 0 Å². The number of nitrogens with zero attached hydrogens (tertiary/aromatic N) is 2. The normalized spacial score (nSPS) is 11.4. The number of thiocarbonyl (C=S) groups is 1. The Labute approximate surface area is 122 Å². The lowest BCUT2D eigenvalue weighted by Crippen LogP contribution is -2.24. The Bertz CT molecular complexity index is 737. The smallest absolute Gasteiger partial charge is 0.240 e. The lowest BCUT2D eigenvalue weighted by atomic mass is 10.2. The van der Waals surface area contributed by atoms with E-state index in [0.717, 1.165) is 0 Å². The first-order chi connectivity index (χ1) is 9.38. The lowest BCUT2D eigenvalue weighted by Gasteiger charge is -2.07.